The molecule has 1 atom stereocenters. The summed E-state index contributed by atoms with van der Waals surface area (Å²) in [6.45, 7) is 3.58. The summed E-state index contributed by atoms with van der Waals surface area (Å²) in [5.74, 6) is -0.501. The van der Waals surface area contributed by atoms with Gasteiger partial charge < -0.3 is 10.5 Å². The summed E-state index contributed by atoms with van der Waals surface area (Å²) in [7, 11) is 1.29. The molecule has 2 N–H and O–H groups in total. The van der Waals surface area contributed by atoms with Crippen LogP contribution in [0, 0.1) is 6.92 Å². The zero-order valence-corrected chi connectivity index (χ0v) is 10.7. The first-order valence-electron chi connectivity index (χ1n) is 5.44. The van der Waals surface area contributed by atoms with Crippen LogP contribution in [0.3, 0.4) is 0 Å². The fraction of sp³-hybridized carbons (Fsp3) is 0.545. The van der Waals surface area contributed by atoms with Crippen molar-refractivity contribution < 1.29 is 14.1 Å². The van der Waals surface area contributed by atoms with E-state index in [9.17, 15) is 9.59 Å². The third kappa shape index (κ3) is 3.30. The maximum Gasteiger partial charge on any atom is 0.441 e. The van der Waals surface area contributed by atoms with Crippen molar-refractivity contribution >= 4 is 5.97 Å². The highest BCUT2D eigenvalue weighted by Crippen LogP contribution is 2.08. The number of nitrogens with two attached hydrogens (primary N) is 1. The predicted octanol–water partition coefficient (Wildman–Crippen LogP) is -0.0186. The fourth-order valence-corrected chi connectivity index (χ4v) is 1.37. The van der Waals surface area contributed by atoms with Crippen molar-refractivity contribution in [2.45, 2.75) is 32.4 Å². The molecular weight excluding hydrogens is 238 g/mol. The van der Waals surface area contributed by atoms with Gasteiger partial charge in [0.15, 0.2) is 5.82 Å². The smallest absolute Gasteiger partial charge is 0.441 e. The van der Waals surface area contributed by atoms with Gasteiger partial charge in [0.05, 0.1) is 7.11 Å². The van der Waals surface area contributed by atoms with Crippen molar-refractivity contribution in [2.75, 3.05) is 7.11 Å². The Labute approximate surface area is 104 Å². The topological polar surface area (TPSA) is 100 Å². The summed E-state index contributed by atoms with van der Waals surface area (Å²) in [5, 5.41) is 3.53. The molecule has 7 heteroatoms. The minimum Gasteiger partial charge on any atom is -0.468 e. The van der Waals surface area contributed by atoms with E-state index in [-0.39, 0.29) is 0 Å². The largest absolute Gasteiger partial charge is 0.468 e. The van der Waals surface area contributed by atoms with Gasteiger partial charge in [-0.2, -0.15) is 0 Å². The summed E-state index contributed by atoms with van der Waals surface area (Å²) < 4.78 is 10.4. The van der Waals surface area contributed by atoms with Gasteiger partial charge in [-0.15, -0.1) is 0 Å². The average molecular weight is 255 g/mol. The number of esters is 1. The predicted molar refractivity (Wildman–Crippen MR) is 63.9 cm³/mol. The first-order valence-corrected chi connectivity index (χ1v) is 5.44. The third-order valence-corrected chi connectivity index (χ3v) is 2.52. The minimum absolute atomic E-state index is 0.318. The van der Waals surface area contributed by atoms with Crippen LogP contribution in [0.4, 0.5) is 0 Å². The number of hydrogen-bond acceptors (Lipinski definition) is 6. The van der Waals surface area contributed by atoms with E-state index >= 15 is 0 Å². The van der Waals surface area contributed by atoms with Gasteiger partial charge in [-0.05, 0) is 20.3 Å². The number of carbonyl (C=O) groups is 1. The summed E-state index contributed by atoms with van der Waals surface area (Å²) in [6.07, 6.45) is 3.76. The van der Waals surface area contributed by atoms with Crippen LogP contribution >= 0.6 is 0 Å². The molecule has 0 radical (unpaired) electrons. The molecule has 0 saturated carbocycles. The van der Waals surface area contributed by atoms with Crippen molar-refractivity contribution in [2.24, 2.45) is 5.73 Å². The second-order valence-electron chi connectivity index (χ2n) is 4.19. The second kappa shape index (κ2) is 5.63. The molecule has 0 saturated heterocycles. The number of ether oxygens (including phenoxy) is 1. The van der Waals surface area contributed by atoms with E-state index in [0.29, 0.717) is 18.8 Å². The van der Waals surface area contributed by atoms with Gasteiger partial charge in [0.1, 0.15) is 5.54 Å². The van der Waals surface area contributed by atoms with Gasteiger partial charge in [0, 0.05) is 6.54 Å². The number of nitrogens with zero attached hydrogens (tertiary/aromatic N) is 2. The Morgan fingerprint density at radius 3 is 2.78 bits per heavy atom. The van der Waals surface area contributed by atoms with Crippen molar-refractivity contribution in [1.29, 1.82) is 0 Å². The van der Waals surface area contributed by atoms with Crippen LogP contribution in [0.5, 0.6) is 0 Å². The highest BCUT2D eigenvalue weighted by Gasteiger charge is 2.27. The van der Waals surface area contributed by atoms with Crippen molar-refractivity contribution in [1.82, 2.24) is 9.72 Å². The van der Waals surface area contributed by atoms with Crippen LogP contribution in [0.1, 0.15) is 19.2 Å². The molecule has 0 aliphatic carbocycles. The first kappa shape index (κ1) is 14.2. The zero-order valence-electron chi connectivity index (χ0n) is 10.7. The van der Waals surface area contributed by atoms with Crippen molar-refractivity contribution in [3.05, 3.63) is 28.5 Å². The molecule has 7 nitrogen and oxygen atoms in total. The normalized spacial score (nSPS) is 14.7. The lowest BCUT2D eigenvalue weighted by molar-refractivity contribution is -0.146. The van der Waals surface area contributed by atoms with Gasteiger partial charge in [-0.3, -0.25) is 13.9 Å². The van der Waals surface area contributed by atoms with E-state index in [4.69, 9.17) is 5.73 Å². The lowest BCUT2D eigenvalue weighted by Crippen LogP contribution is -2.45. The highest BCUT2D eigenvalue weighted by atomic mass is 16.5. The third-order valence-electron chi connectivity index (χ3n) is 2.52. The number of allylic oxidation sites excluding steroid dienone is 1. The van der Waals surface area contributed by atoms with Crippen LogP contribution in [0.2, 0.25) is 0 Å². The molecule has 1 heterocycles. The Balaban J connectivity index is 2.58. The zero-order chi connectivity index (χ0) is 13.8. The van der Waals surface area contributed by atoms with Crippen LogP contribution in [-0.4, -0.2) is 28.3 Å². The maximum absolute atomic E-state index is 11.3. The summed E-state index contributed by atoms with van der Waals surface area (Å²) >= 11 is 0. The molecule has 100 valence electrons. The molecule has 0 spiro atoms. The maximum atomic E-state index is 11.3. The standard InChI is InChI=1S/C11H17N3O4/c1-8-13-18-10(16)14(8)7-5-4-6-11(2,12)9(15)17-3/h4-5H,6-7,12H2,1-3H3. The van der Waals surface area contributed by atoms with E-state index in [0.717, 1.165) is 0 Å². The average Bonchev–Trinajstić information content (AvgIpc) is 2.64. The molecular formula is C11H17N3O4. The van der Waals surface area contributed by atoms with Crippen molar-refractivity contribution in [3.8, 4) is 0 Å². The Hall–Kier alpha value is -1.89. The quantitative estimate of drug-likeness (QED) is 0.586. The van der Waals surface area contributed by atoms with Gasteiger partial charge in [-0.25, -0.2) is 4.79 Å². The lowest BCUT2D eigenvalue weighted by Gasteiger charge is -2.19. The minimum atomic E-state index is -1.07. The highest BCUT2D eigenvalue weighted by molar-refractivity contribution is 5.80. The molecule has 1 unspecified atom stereocenters. The van der Waals surface area contributed by atoms with Crippen LogP contribution in [-0.2, 0) is 16.1 Å². The second-order valence-corrected chi connectivity index (χ2v) is 4.19. The Kier molecular flexibility index (Phi) is 4.43. The Morgan fingerprint density at radius 2 is 2.28 bits per heavy atom. The van der Waals surface area contributed by atoms with Gasteiger partial charge in [0.2, 0.25) is 0 Å². The molecule has 1 rings (SSSR count). The number of aryl methyl sites for hydroxylation is 1. The van der Waals surface area contributed by atoms with E-state index in [1.165, 1.54) is 11.7 Å². The van der Waals surface area contributed by atoms with Gasteiger partial charge in [-0.1, -0.05) is 17.3 Å². The van der Waals surface area contributed by atoms with E-state index < -0.39 is 17.3 Å². The molecule has 1 aromatic heterocycles. The molecule has 0 aromatic carbocycles. The number of rotatable bonds is 5. The fourth-order valence-electron chi connectivity index (χ4n) is 1.37. The number of aromatic nitrogens is 2. The monoisotopic (exact) mass is 255 g/mol. The van der Waals surface area contributed by atoms with Crippen LogP contribution in [0.25, 0.3) is 0 Å². The number of hydrogen-bond donors (Lipinski definition) is 1. The van der Waals surface area contributed by atoms with Gasteiger partial charge >= 0.3 is 11.7 Å². The molecule has 18 heavy (non-hydrogen) atoms. The van der Waals surface area contributed by atoms with E-state index in [1.54, 1.807) is 26.0 Å². The molecule has 0 amide bonds. The van der Waals surface area contributed by atoms with E-state index in [1.807, 2.05) is 0 Å². The summed E-state index contributed by atoms with van der Waals surface area (Å²) in [5.41, 5.74) is 4.70. The summed E-state index contributed by atoms with van der Waals surface area (Å²) in [6, 6.07) is 0. The number of methoxy groups -OCH3 is 1. The first-order chi connectivity index (χ1) is 8.38. The van der Waals surface area contributed by atoms with Gasteiger partial charge in [0.25, 0.3) is 0 Å². The summed E-state index contributed by atoms with van der Waals surface area (Å²) in [4.78, 5) is 22.5. The number of carbonyl (C=O) groups excluding carboxylic acids is 1. The molecule has 0 aliphatic heterocycles. The molecule has 0 bridgehead atoms. The Morgan fingerprint density at radius 1 is 1.61 bits per heavy atom. The Bertz CT molecular complexity index is 499. The molecule has 0 aliphatic rings. The van der Waals surface area contributed by atoms with Crippen LogP contribution in [0.15, 0.2) is 21.5 Å². The SMILES string of the molecule is COC(=O)C(C)(N)CC=CCn1c(C)noc1=O. The molecule has 0 fully saturated rings. The van der Waals surface area contributed by atoms with Crippen molar-refractivity contribution in [3.63, 3.8) is 0 Å². The van der Waals surface area contributed by atoms with Crippen LogP contribution < -0.4 is 11.5 Å². The lowest BCUT2D eigenvalue weighted by atomic mass is 9.99. The molecule has 1 aromatic rings. The van der Waals surface area contributed by atoms with E-state index in [2.05, 4.69) is 14.4 Å².